The lowest BCUT2D eigenvalue weighted by Gasteiger charge is -2.23. The van der Waals surface area contributed by atoms with E-state index < -0.39 is 0 Å². The second-order valence-corrected chi connectivity index (χ2v) is 7.07. The van der Waals surface area contributed by atoms with Crippen LogP contribution >= 0.6 is 0 Å². The van der Waals surface area contributed by atoms with Crippen molar-refractivity contribution in [2.75, 3.05) is 6.79 Å². The van der Waals surface area contributed by atoms with E-state index in [1.54, 1.807) is 0 Å². The van der Waals surface area contributed by atoms with Gasteiger partial charge in [0.15, 0.2) is 11.5 Å². The molecule has 3 rings (SSSR count). The van der Waals surface area contributed by atoms with Crippen LogP contribution in [-0.4, -0.2) is 12.8 Å². The number of carbonyl (C=O) groups is 1. The van der Waals surface area contributed by atoms with Crippen molar-refractivity contribution in [2.45, 2.75) is 46.6 Å². The first-order valence-electron chi connectivity index (χ1n) is 8.04. The number of fused-ring (bicyclic) bond motifs is 1. The molecule has 0 saturated heterocycles. The van der Waals surface area contributed by atoms with Crippen molar-refractivity contribution < 1.29 is 19.0 Å². The summed E-state index contributed by atoms with van der Waals surface area (Å²) in [4.78, 5) is 12.5. The first-order valence-corrected chi connectivity index (χ1v) is 8.04. The Kier molecular flexibility index (Phi) is 4.02. The maximum absolute atomic E-state index is 12.5. The molecule has 120 valence electrons. The maximum atomic E-state index is 12.5. The summed E-state index contributed by atoms with van der Waals surface area (Å²) in [7, 11) is 0. The van der Waals surface area contributed by atoms with Gasteiger partial charge in [-0.25, -0.2) is 0 Å². The van der Waals surface area contributed by atoms with Gasteiger partial charge in [0.2, 0.25) is 6.79 Å². The molecule has 4 nitrogen and oxygen atoms in total. The summed E-state index contributed by atoms with van der Waals surface area (Å²) < 4.78 is 16.2. The van der Waals surface area contributed by atoms with Gasteiger partial charge in [-0.05, 0) is 55.7 Å². The zero-order valence-corrected chi connectivity index (χ0v) is 13.6. The summed E-state index contributed by atoms with van der Waals surface area (Å²) in [6, 6.07) is 5.65. The second-order valence-electron chi connectivity index (χ2n) is 7.07. The average molecular weight is 304 g/mol. The van der Waals surface area contributed by atoms with Crippen LogP contribution in [0, 0.1) is 17.3 Å². The van der Waals surface area contributed by atoms with Crippen LogP contribution in [-0.2, 0) is 16.1 Å². The molecular formula is C18H24O4. The Balaban J connectivity index is 1.58. The minimum absolute atomic E-state index is 0.0756. The van der Waals surface area contributed by atoms with E-state index in [4.69, 9.17) is 14.2 Å². The van der Waals surface area contributed by atoms with Gasteiger partial charge in [0, 0.05) is 0 Å². The zero-order valence-electron chi connectivity index (χ0n) is 13.6. The Morgan fingerprint density at radius 1 is 1.36 bits per heavy atom. The van der Waals surface area contributed by atoms with Gasteiger partial charge < -0.3 is 14.2 Å². The van der Waals surface area contributed by atoms with Gasteiger partial charge in [-0.2, -0.15) is 0 Å². The lowest BCUT2D eigenvalue weighted by atomic mass is 9.85. The number of esters is 1. The summed E-state index contributed by atoms with van der Waals surface area (Å²) in [5.74, 6) is 2.65. The molecule has 1 aromatic rings. The number of hydrogen-bond donors (Lipinski definition) is 0. The molecule has 0 spiro atoms. The van der Waals surface area contributed by atoms with Crippen LogP contribution in [0.5, 0.6) is 11.5 Å². The third-order valence-electron chi connectivity index (χ3n) is 5.02. The molecule has 4 heteroatoms. The first kappa shape index (κ1) is 15.2. The minimum atomic E-state index is -0.328. The van der Waals surface area contributed by atoms with Gasteiger partial charge in [-0.1, -0.05) is 19.9 Å². The largest absolute Gasteiger partial charge is 0.460 e. The quantitative estimate of drug-likeness (QED) is 0.791. The Morgan fingerprint density at radius 3 is 2.86 bits per heavy atom. The highest BCUT2D eigenvalue weighted by atomic mass is 16.7. The predicted molar refractivity (Wildman–Crippen MR) is 82.6 cm³/mol. The van der Waals surface area contributed by atoms with Crippen LogP contribution in [0.25, 0.3) is 0 Å². The van der Waals surface area contributed by atoms with Gasteiger partial charge in [0.1, 0.15) is 6.61 Å². The third kappa shape index (κ3) is 2.92. The zero-order chi connectivity index (χ0) is 15.7. The molecule has 0 bridgehead atoms. The Labute approximate surface area is 131 Å². The Morgan fingerprint density at radius 2 is 2.14 bits per heavy atom. The highest BCUT2D eigenvalue weighted by Gasteiger charge is 2.43. The lowest BCUT2D eigenvalue weighted by molar-refractivity contribution is -0.156. The standard InChI is InChI=1S/C18H24O4/c1-12(2)14-6-7-18(3,9-14)17(19)20-10-13-4-5-15-16(8-13)22-11-21-15/h4-5,8,12,14H,6-7,9-11H2,1-3H3/t14-,18+/m1/s1. The van der Waals surface area contributed by atoms with Crippen molar-refractivity contribution in [1.82, 2.24) is 0 Å². The van der Waals surface area contributed by atoms with E-state index in [-0.39, 0.29) is 24.8 Å². The monoisotopic (exact) mass is 304 g/mol. The van der Waals surface area contributed by atoms with Gasteiger partial charge in [-0.15, -0.1) is 0 Å². The molecule has 0 radical (unpaired) electrons. The molecule has 1 heterocycles. The number of rotatable bonds is 4. The molecule has 0 unspecified atom stereocenters. The number of hydrogen-bond acceptors (Lipinski definition) is 4. The fourth-order valence-electron chi connectivity index (χ4n) is 3.40. The summed E-state index contributed by atoms with van der Waals surface area (Å²) in [6.07, 6.45) is 2.98. The Hall–Kier alpha value is -1.71. The van der Waals surface area contributed by atoms with Gasteiger partial charge in [0.25, 0.3) is 0 Å². The molecule has 1 fully saturated rings. The molecule has 2 atom stereocenters. The normalized spacial score (nSPS) is 26.5. The maximum Gasteiger partial charge on any atom is 0.312 e. The number of carbonyl (C=O) groups excluding carboxylic acids is 1. The van der Waals surface area contributed by atoms with Gasteiger partial charge in [-0.3, -0.25) is 4.79 Å². The first-order chi connectivity index (χ1) is 10.5. The molecule has 0 amide bonds. The SMILES string of the molecule is CC(C)[C@@H]1CC[C@](C)(C(=O)OCc2ccc3c(c2)OCO3)C1. The molecule has 1 aliphatic carbocycles. The molecule has 0 N–H and O–H groups in total. The molecule has 2 aliphatic rings. The van der Waals surface area contributed by atoms with Crippen LogP contribution in [0.4, 0.5) is 0 Å². The third-order valence-corrected chi connectivity index (χ3v) is 5.02. The van der Waals surface area contributed by atoms with Crippen molar-refractivity contribution in [2.24, 2.45) is 17.3 Å². The van der Waals surface area contributed by atoms with E-state index in [0.29, 0.717) is 11.8 Å². The van der Waals surface area contributed by atoms with Crippen molar-refractivity contribution >= 4 is 5.97 Å². The molecule has 1 aromatic carbocycles. The predicted octanol–water partition coefficient (Wildman–Crippen LogP) is 3.92. The van der Waals surface area contributed by atoms with Crippen molar-refractivity contribution in [3.8, 4) is 11.5 Å². The summed E-state index contributed by atoms with van der Waals surface area (Å²) in [5.41, 5.74) is 0.602. The van der Waals surface area contributed by atoms with Crippen LogP contribution in [0.2, 0.25) is 0 Å². The smallest absolute Gasteiger partial charge is 0.312 e. The average Bonchev–Trinajstić information content (AvgIpc) is 3.11. The van der Waals surface area contributed by atoms with Crippen LogP contribution in [0.1, 0.15) is 45.6 Å². The van der Waals surface area contributed by atoms with Crippen LogP contribution in [0.3, 0.4) is 0 Å². The van der Waals surface area contributed by atoms with Crippen LogP contribution in [0.15, 0.2) is 18.2 Å². The van der Waals surface area contributed by atoms with E-state index in [9.17, 15) is 4.79 Å². The highest BCUT2D eigenvalue weighted by molar-refractivity contribution is 5.76. The highest BCUT2D eigenvalue weighted by Crippen LogP contribution is 2.45. The van der Waals surface area contributed by atoms with Gasteiger partial charge in [0.05, 0.1) is 5.41 Å². The number of ether oxygens (including phenoxy) is 3. The second kappa shape index (κ2) is 5.82. The van der Waals surface area contributed by atoms with E-state index in [0.717, 1.165) is 36.3 Å². The minimum Gasteiger partial charge on any atom is -0.460 e. The van der Waals surface area contributed by atoms with Crippen molar-refractivity contribution in [3.63, 3.8) is 0 Å². The van der Waals surface area contributed by atoms with E-state index >= 15 is 0 Å². The van der Waals surface area contributed by atoms with E-state index in [2.05, 4.69) is 13.8 Å². The number of benzene rings is 1. The molecule has 1 aliphatic heterocycles. The van der Waals surface area contributed by atoms with Crippen molar-refractivity contribution in [3.05, 3.63) is 23.8 Å². The molecular weight excluding hydrogens is 280 g/mol. The fourth-order valence-corrected chi connectivity index (χ4v) is 3.40. The Bertz CT molecular complexity index is 566. The summed E-state index contributed by atoms with van der Waals surface area (Å²) in [5, 5.41) is 0. The summed E-state index contributed by atoms with van der Waals surface area (Å²) in [6.45, 7) is 7.05. The van der Waals surface area contributed by atoms with E-state index in [1.807, 2.05) is 25.1 Å². The lowest BCUT2D eigenvalue weighted by Crippen LogP contribution is -2.27. The van der Waals surface area contributed by atoms with Gasteiger partial charge >= 0.3 is 5.97 Å². The van der Waals surface area contributed by atoms with Crippen LogP contribution < -0.4 is 9.47 Å². The molecule has 22 heavy (non-hydrogen) atoms. The topological polar surface area (TPSA) is 44.8 Å². The van der Waals surface area contributed by atoms with Crippen molar-refractivity contribution in [1.29, 1.82) is 0 Å². The summed E-state index contributed by atoms with van der Waals surface area (Å²) >= 11 is 0. The fraction of sp³-hybridized carbons (Fsp3) is 0.611. The van der Waals surface area contributed by atoms with E-state index in [1.165, 1.54) is 0 Å². The molecule has 0 aromatic heterocycles. The molecule has 1 saturated carbocycles.